The first-order valence-electron chi connectivity index (χ1n) is 5.62. The number of rotatable bonds is 3. The van der Waals surface area contributed by atoms with Crippen molar-refractivity contribution in [3.63, 3.8) is 0 Å². The molecule has 1 aromatic heterocycles. The lowest BCUT2D eigenvalue weighted by molar-refractivity contribution is 0.506. The van der Waals surface area contributed by atoms with Crippen molar-refractivity contribution < 1.29 is 0 Å². The average molecular weight is 206 g/mol. The molecule has 1 unspecified atom stereocenters. The van der Waals surface area contributed by atoms with Crippen molar-refractivity contribution in [1.82, 2.24) is 9.55 Å². The van der Waals surface area contributed by atoms with E-state index in [9.17, 15) is 0 Å². The topological polar surface area (TPSA) is 56.2 Å². The van der Waals surface area contributed by atoms with E-state index in [1.165, 1.54) is 19.3 Å². The minimum Gasteiger partial charge on any atom is -0.387 e. The van der Waals surface area contributed by atoms with Crippen LogP contribution in [0.5, 0.6) is 0 Å². The molecule has 0 spiro atoms. The van der Waals surface area contributed by atoms with Crippen LogP contribution in [0.4, 0.5) is 0 Å². The number of aryl methyl sites for hydroxylation is 1. The van der Waals surface area contributed by atoms with Crippen LogP contribution < -0.4 is 5.73 Å². The van der Waals surface area contributed by atoms with Crippen LogP contribution in [0.25, 0.3) is 0 Å². The Balaban J connectivity index is 1.85. The number of aromatic nitrogens is 2. The van der Waals surface area contributed by atoms with Crippen LogP contribution in [-0.4, -0.2) is 21.4 Å². The standard InChI is InChI=1S/C11H18N4/c12-11-4-2-1-3-10(14-11)5-7-15-8-6-13-9-15/h6,8-10H,1-5,7H2,(H2,12,14). The highest BCUT2D eigenvalue weighted by Gasteiger charge is 2.11. The second kappa shape index (κ2) is 4.96. The Bertz CT molecular complexity index is 315. The summed E-state index contributed by atoms with van der Waals surface area (Å²) in [6.07, 6.45) is 11.3. The quantitative estimate of drug-likeness (QED) is 0.816. The van der Waals surface area contributed by atoms with Crippen LogP contribution >= 0.6 is 0 Å². The molecule has 0 aromatic carbocycles. The number of nitrogens with two attached hydrogens (primary N) is 1. The SMILES string of the molecule is NC1=NC(CCn2ccnc2)CCCC1. The Morgan fingerprint density at radius 1 is 1.47 bits per heavy atom. The number of imidazole rings is 1. The van der Waals surface area contributed by atoms with Gasteiger partial charge in [-0.15, -0.1) is 0 Å². The zero-order valence-corrected chi connectivity index (χ0v) is 8.97. The molecule has 15 heavy (non-hydrogen) atoms. The van der Waals surface area contributed by atoms with E-state index in [0.29, 0.717) is 6.04 Å². The van der Waals surface area contributed by atoms with Gasteiger partial charge in [0.2, 0.25) is 0 Å². The second-order valence-corrected chi connectivity index (χ2v) is 4.11. The molecule has 82 valence electrons. The molecule has 4 nitrogen and oxygen atoms in total. The van der Waals surface area contributed by atoms with E-state index in [-0.39, 0.29) is 0 Å². The molecular formula is C11H18N4. The Kier molecular flexibility index (Phi) is 3.37. The normalized spacial score (nSPS) is 22.1. The third-order valence-corrected chi connectivity index (χ3v) is 2.85. The number of aliphatic imine (C=N–C) groups is 1. The third-order valence-electron chi connectivity index (χ3n) is 2.85. The smallest absolute Gasteiger partial charge is 0.0945 e. The molecule has 4 heteroatoms. The highest BCUT2D eigenvalue weighted by atomic mass is 15.0. The van der Waals surface area contributed by atoms with Gasteiger partial charge in [0.1, 0.15) is 0 Å². The van der Waals surface area contributed by atoms with Gasteiger partial charge in [0.05, 0.1) is 18.2 Å². The van der Waals surface area contributed by atoms with Crippen LogP contribution in [0, 0.1) is 0 Å². The summed E-state index contributed by atoms with van der Waals surface area (Å²) in [5, 5.41) is 0. The maximum absolute atomic E-state index is 5.80. The van der Waals surface area contributed by atoms with Crippen molar-refractivity contribution in [2.75, 3.05) is 0 Å². The van der Waals surface area contributed by atoms with E-state index < -0.39 is 0 Å². The summed E-state index contributed by atoms with van der Waals surface area (Å²) < 4.78 is 2.09. The molecular weight excluding hydrogens is 188 g/mol. The van der Waals surface area contributed by atoms with E-state index in [4.69, 9.17) is 5.73 Å². The molecule has 2 heterocycles. The van der Waals surface area contributed by atoms with Crippen LogP contribution in [0.2, 0.25) is 0 Å². The number of nitrogens with zero attached hydrogens (tertiary/aromatic N) is 3. The molecule has 2 rings (SSSR count). The maximum Gasteiger partial charge on any atom is 0.0945 e. The lowest BCUT2D eigenvalue weighted by atomic mass is 10.1. The molecule has 0 radical (unpaired) electrons. The Morgan fingerprint density at radius 3 is 3.20 bits per heavy atom. The van der Waals surface area contributed by atoms with Crippen molar-refractivity contribution in [3.8, 4) is 0 Å². The van der Waals surface area contributed by atoms with Crippen LogP contribution in [0.1, 0.15) is 32.1 Å². The first-order valence-corrected chi connectivity index (χ1v) is 5.62. The van der Waals surface area contributed by atoms with Crippen LogP contribution in [0.15, 0.2) is 23.7 Å². The molecule has 0 bridgehead atoms. The van der Waals surface area contributed by atoms with E-state index >= 15 is 0 Å². The molecule has 1 atom stereocenters. The summed E-state index contributed by atoms with van der Waals surface area (Å²) in [5.41, 5.74) is 5.80. The van der Waals surface area contributed by atoms with Crippen molar-refractivity contribution in [2.45, 2.75) is 44.7 Å². The van der Waals surface area contributed by atoms with Gasteiger partial charge in [-0.1, -0.05) is 6.42 Å². The Morgan fingerprint density at radius 2 is 2.40 bits per heavy atom. The van der Waals surface area contributed by atoms with Crippen molar-refractivity contribution in [1.29, 1.82) is 0 Å². The number of hydrogen-bond donors (Lipinski definition) is 1. The fraction of sp³-hybridized carbons (Fsp3) is 0.636. The van der Waals surface area contributed by atoms with Gasteiger partial charge in [0, 0.05) is 25.4 Å². The first-order chi connectivity index (χ1) is 7.34. The van der Waals surface area contributed by atoms with Crippen molar-refractivity contribution >= 4 is 5.84 Å². The molecule has 0 amide bonds. The fourth-order valence-corrected chi connectivity index (χ4v) is 1.98. The summed E-state index contributed by atoms with van der Waals surface area (Å²) in [7, 11) is 0. The van der Waals surface area contributed by atoms with Gasteiger partial charge in [0.25, 0.3) is 0 Å². The van der Waals surface area contributed by atoms with Gasteiger partial charge in [-0.3, -0.25) is 4.99 Å². The van der Waals surface area contributed by atoms with Gasteiger partial charge in [-0.2, -0.15) is 0 Å². The van der Waals surface area contributed by atoms with Crippen LogP contribution in [0.3, 0.4) is 0 Å². The first kappa shape index (κ1) is 10.2. The molecule has 0 saturated heterocycles. The average Bonchev–Trinajstić information content (AvgIpc) is 2.65. The predicted molar refractivity (Wildman–Crippen MR) is 60.7 cm³/mol. The minimum absolute atomic E-state index is 0.412. The number of amidine groups is 1. The lowest BCUT2D eigenvalue weighted by Crippen LogP contribution is -2.15. The summed E-state index contributed by atoms with van der Waals surface area (Å²) >= 11 is 0. The summed E-state index contributed by atoms with van der Waals surface area (Å²) in [6, 6.07) is 0.412. The zero-order valence-electron chi connectivity index (χ0n) is 8.97. The van der Waals surface area contributed by atoms with E-state index in [2.05, 4.69) is 14.5 Å². The van der Waals surface area contributed by atoms with Crippen molar-refractivity contribution in [2.24, 2.45) is 10.7 Å². The molecule has 1 aliphatic rings. The van der Waals surface area contributed by atoms with E-state index in [1.54, 1.807) is 0 Å². The van der Waals surface area contributed by atoms with Gasteiger partial charge in [-0.05, 0) is 19.3 Å². The minimum atomic E-state index is 0.412. The molecule has 0 fully saturated rings. The van der Waals surface area contributed by atoms with Gasteiger partial charge in [-0.25, -0.2) is 4.98 Å². The Hall–Kier alpha value is -1.32. The van der Waals surface area contributed by atoms with Crippen molar-refractivity contribution in [3.05, 3.63) is 18.7 Å². The largest absolute Gasteiger partial charge is 0.387 e. The van der Waals surface area contributed by atoms with Gasteiger partial charge < -0.3 is 10.3 Å². The summed E-state index contributed by atoms with van der Waals surface area (Å²) in [5.74, 6) is 0.836. The van der Waals surface area contributed by atoms with E-state index in [1.807, 2.05) is 18.7 Å². The summed E-state index contributed by atoms with van der Waals surface area (Å²) in [6.45, 7) is 0.988. The maximum atomic E-state index is 5.80. The lowest BCUT2D eigenvalue weighted by Gasteiger charge is -2.10. The van der Waals surface area contributed by atoms with E-state index in [0.717, 1.165) is 25.2 Å². The molecule has 1 aromatic rings. The zero-order chi connectivity index (χ0) is 10.5. The molecule has 0 saturated carbocycles. The van der Waals surface area contributed by atoms with Crippen LogP contribution in [-0.2, 0) is 6.54 Å². The van der Waals surface area contributed by atoms with Gasteiger partial charge >= 0.3 is 0 Å². The molecule has 2 N–H and O–H groups in total. The highest BCUT2D eigenvalue weighted by molar-refractivity contribution is 5.80. The monoisotopic (exact) mass is 206 g/mol. The fourth-order valence-electron chi connectivity index (χ4n) is 1.98. The second-order valence-electron chi connectivity index (χ2n) is 4.11. The number of hydrogen-bond acceptors (Lipinski definition) is 3. The molecule has 0 aliphatic carbocycles. The highest BCUT2D eigenvalue weighted by Crippen LogP contribution is 2.15. The summed E-state index contributed by atoms with van der Waals surface area (Å²) in [4.78, 5) is 8.56. The molecule has 1 aliphatic heterocycles. The predicted octanol–water partition coefficient (Wildman–Crippen LogP) is 1.57. The Labute approximate surface area is 90.2 Å². The third kappa shape index (κ3) is 3.08. The van der Waals surface area contributed by atoms with Gasteiger partial charge in [0.15, 0.2) is 0 Å².